The molecule has 0 radical (unpaired) electrons. The van der Waals surface area contributed by atoms with E-state index in [1.807, 2.05) is 16.7 Å². The van der Waals surface area contributed by atoms with Crippen molar-refractivity contribution < 1.29 is 4.79 Å². The first-order valence-corrected chi connectivity index (χ1v) is 8.23. The molecule has 110 valence electrons. The molecule has 1 saturated carbocycles. The number of nitrogens with zero attached hydrogens (tertiary/aromatic N) is 2. The predicted molar refractivity (Wildman–Crippen MR) is 82.0 cm³/mol. The maximum Gasteiger partial charge on any atom is 0.276 e. The zero-order valence-corrected chi connectivity index (χ0v) is 12.9. The Morgan fingerprint density at radius 2 is 2.20 bits per heavy atom. The van der Waals surface area contributed by atoms with Crippen molar-refractivity contribution in [1.82, 2.24) is 15.1 Å². The van der Waals surface area contributed by atoms with Crippen molar-refractivity contribution in [2.24, 2.45) is 0 Å². The van der Waals surface area contributed by atoms with Crippen molar-refractivity contribution in [3.05, 3.63) is 11.4 Å². The number of carbonyl (C=O) groups is 1. The van der Waals surface area contributed by atoms with Crippen LogP contribution in [-0.2, 0) is 0 Å². The largest absolute Gasteiger partial charge is 0.395 e. The van der Waals surface area contributed by atoms with Gasteiger partial charge in [-0.15, -0.1) is 0 Å². The van der Waals surface area contributed by atoms with Crippen LogP contribution < -0.4 is 5.73 Å². The minimum absolute atomic E-state index is 0.0241. The standard InChI is InChI=1S/C14H22N4OS/c1-14(2)5-6-18(7-8-20-14)13(19)12-10(15)11(16-17-12)9-3-4-9/h9H,3-8,15H2,1-2H3,(H,16,17). The lowest BCUT2D eigenvalue weighted by molar-refractivity contribution is 0.0759. The van der Waals surface area contributed by atoms with Gasteiger partial charge < -0.3 is 10.6 Å². The van der Waals surface area contributed by atoms with Crippen molar-refractivity contribution in [1.29, 1.82) is 0 Å². The number of nitrogens with one attached hydrogen (secondary N) is 1. The molecule has 3 N–H and O–H groups in total. The second-order valence-electron chi connectivity index (χ2n) is 6.32. The van der Waals surface area contributed by atoms with Crippen molar-refractivity contribution >= 4 is 23.4 Å². The quantitative estimate of drug-likeness (QED) is 0.877. The van der Waals surface area contributed by atoms with Crippen molar-refractivity contribution in [2.75, 3.05) is 24.6 Å². The fraction of sp³-hybridized carbons (Fsp3) is 0.714. The highest BCUT2D eigenvalue weighted by molar-refractivity contribution is 8.00. The van der Waals surface area contributed by atoms with Crippen LogP contribution in [0.15, 0.2) is 0 Å². The highest BCUT2D eigenvalue weighted by Crippen LogP contribution is 2.42. The summed E-state index contributed by atoms with van der Waals surface area (Å²) in [6.07, 6.45) is 3.30. The molecule has 1 aromatic rings. The van der Waals surface area contributed by atoms with Crippen LogP contribution in [0.3, 0.4) is 0 Å². The predicted octanol–water partition coefficient (Wildman–Crippen LogP) is 2.23. The number of nitrogen functional groups attached to an aromatic ring is 1. The normalized spacial score (nSPS) is 22.6. The van der Waals surface area contributed by atoms with Crippen LogP contribution in [0.5, 0.6) is 0 Å². The number of aromatic nitrogens is 2. The Labute approximate surface area is 123 Å². The minimum atomic E-state index is -0.0241. The summed E-state index contributed by atoms with van der Waals surface area (Å²) in [4.78, 5) is 14.5. The molecule has 1 amide bonds. The van der Waals surface area contributed by atoms with Gasteiger partial charge in [0.25, 0.3) is 5.91 Å². The second kappa shape index (κ2) is 4.98. The molecule has 0 bridgehead atoms. The SMILES string of the molecule is CC1(C)CCN(C(=O)c2n[nH]c(C3CC3)c2N)CCS1. The number of thioether (sulfide) groups is 1. The Morgan fingerprint density at radius 1 is 1.45 bits per heavy atom. The van der Waals surface area contributed by atoms with Gasteiger partial charge in [-0.2, -0.15) is 16.9 Å². The van der Waals surface area contributed by atoms with Crippen LogP contribution >= 0.6 is 11.8 Å². The molecule has 0 atom stereocenters. The molecule has 1 aromatic heterocycles. The van der Waals surface area contributed by atoms with Gasteiger partial charge in [0.05, 0.1) is 11.4 Å². The van der Waals surface area contributed by atoms with Gasteiger partial charge in [-0.3, -0.25) is 9.89 Å². The monoisotopic (exact) mass is 294 g/mol. The summed E-state index contributed by atoms with van der Waals surface area (Å²) >= 11 is 1.93. The Bertz CT molecular complexity index is 521. The van der Waals surface area contributed by atoms with Crippen molar-refractivity contribution in [3.8, 4) is 0 Å². The van der Waals surface area contributed by atoms with Gasteiger partial charge in [-0.05, 0) is 19.3 Å². The summed E-state index contributed by atoms with van der Waals surface area (Å²) in [5, 5.41) is 7.13. The molecule has 5 nitrogen and oxygen atoms in total. The van der Waals surface area contributed by atoms with Gasteiger partial charge in [0.15, 0.2) is 5.69 Å². The number of H-pyrrole nitrogens is 1. The molecular formula is C14H22N4OS. The molecule has 2 heterocycles. The van der Waals surface area contributed by atoms with Gasteiger partial charge in [-0.25, -0.2) is 0 Å². The minimum Gasteiger partial charge on any atom is -0.395 e. The fourth-order valence-corrected chi connectivity index (χ4v) is 3.68. The molecule has 1 saturated heterocycles. The number of hydrogen-bond acceptors (Lipinski definition) is 4. The summed E-state index contributed by atoms with van der Waals surface area (Å²) in [5.74, 6) is 1.44. The van der Waals surface area contributed by atoms with E-state index in [4.69, 9.17) is 5.73 Å². The van der Waals surface area contributed by atoms with Crippen LogP contribution in [0.1, 0.15) is 55.2 Å². The molecule has 6 heteroatoms. The summed E-state index contributed by atoms with van der Waals surface area (Å²) in [7, 11) is 0. The van der Waals surface area contributed by atoms with E-state index in [0.717, 1.165) is 43.8 Å². The highest BCUT2D eigenvalue weighted by Gasteiger charge is 2.32. The number of carbonyl (C=O) groups excluding carboxylic acids is 1. The molecular weight excluding hydrogens is 272 g/mol. The fourth-order valence-electron chi connectivity index (χ4n) is 2.58. The van der Waals surface area contributed by atoms with Crippen molar-refractivity contribution in [2.45, 2.75) is 43.8 Å². The van der Waals surface area contributed by atoms with E-state index in [0.29, 0.717) is 17.3 Å². The van der Waals surface area contributed by atoms with E-state index < -0.39 is 0 Å². The Balaban J connectivity index is 1.75. The molecule has 20 heavy (non-hydrogen) atoms. The van der Waals surface area contributed by atoms with Gasteiger partial charge in [0, 0.05) is 29.5 Å². The highest BCUT2D eigenvalue weighted by atomic mass is 32.2. The van der Waals surface area contributed by atoms with Crippen molar-refractivity contribution in [3.63, 3.8) is 0 Å². The Kier molecular flexibility index (Phi) is 3.44. The molecule has 1 aliphatic carbocycles. The second-order valence-corrected chi connectivity index (χ2v) is 8.13. The third-order valence-electron chi connectivity index (χ3n) is 4.15. The lowest BCUT2D eigenvalue weighted by Crippen LogP contribution is -2.34. The zero-order valence-electron chi connectivity index (χ0n) is 12.1. The van der Waals surface area contributed by atoms with E-state index in [2.05, 4.69) is 24.0 Å². The van der Waals surface area contributed by atoms with E-state index >= 15 is 0 Å². The number of aromatic amines is 1. The first-order chi connectivity index (χ1) is 9.48. The smallest absolute Gasteiger partial charge is 0.276 e. The van der Waals surface area contributed by atoms with Crippen LogP contribution in [0.25, 0.3) is 0 Å². The van der Waals surface area contributed by atoms with E-state index in [-0.39, 0.29) is 10.7 Å². The number of amides is 1. The molecule has 3 rings (SSSR count). The summed E-state index contributed by atoms with van der Waals surface area (Å²) in [5.41, 5.74) is 8.03. The summed E-state index contributed by atoms with van der Waals surface area (Å²) in [6.45, 7) is 6.03. The van der Waals surface area contributed by atoms with Crippen LogP contribution in [-0.4, -0.2) is 44.6 Å². The van der Waals surface area contributed by atoms with Crippen LogP contribution in [0.4, 0.5) is 5.69 Å². The lowest BCUT2D eigenvalue weighted by Gasteiger charge is -2.22. The van der Waals surface area contributed by atoms with Gasteiger partial charge >= 0.3 is 0 Å². The molecule has 0 unspecified atom stereocenters. The third-order valence-corrected chi connectivity index (χ3v) is 5.52. The number of anilines is 1. The third kappa shape index (κ3) is 2.66. The number of rotatable bonds is 2. The lowest BCUT2D eigenvalue weighted by atomic mass is 10.1. The maximum absolute atomic E-state index is 12.6. The van der Waals surface area contributed by atoms with E-state index in [1.54, 1.807) is 0 Å². The maximum atomic E-state index is 12.6. The molecule has 2 aliphatic rings. The average molecular weight is 294 g/mol. The van der Waals surface area contributed by atoms with Crippen LogP contribution in [0, 0.1) is 0 Å². The molecule has 0 spiro atoms. The van der Waals surface area contributed by atoms with E-state index in [1.165, 1.54) is 0 Å². The Morgan fingerprint density at radius 3 is 2.90 bits per heavy atom. The van der Waals surface area contributed by atoms with Crippen LogP contribution in [0.2, 0.25) is 0 Å². The Hall–Kier alpha value is -1.17. The van der Waals surface area contributed by atoms with Gasteiger partial charge in [-0.1, -0.05) is 13.8 Å². The molecule has 1 aliphatic heterocycles. The molecule has 2 fully saturated rings. The summed E-state index contributed by atoms with van der Waals surface area (Å²) < 4.78 is 0.241. The summed E-state index contributed by atoms with van der Waals surface area (Å²) in [6, 6.07) is 0. The van der Waals surface area contributed by atoms with E-state index in [9.17, 15) is 4.79 Å². The van der Waals surface area contributed by atoms with Gasteiger partial charge in [0.1, 0.15) is 0 Å². The zero-order chi connectivity index (χ0) is 14.3. The average Bonchev–Trinajstić information content (AvgIpc) is 3.17. The number of hydrogen-bond donors (Lipinski definition) is 2. The first-order valence-electron chi connectivity index (χ1n) is 7.25. The molecule has 0 aromatic carbocycles. The van der Waals surface area contributed by atoms with Gasteiger partial charge in [0.2, 0.25) is 0 Å². The first kappa shape index (κ1) is 13.8. The number of nitrogens with two attached hydrogens (primary N) is 1. The topological polar surface area (TPSA) is 75.0 Å².